The Morgan fingerprint density at radius 1 is 1.04 bits per heavy atom. The van der Waals surface area contributed by atoms with E-state index in [4.69, 9.17) is 4.74 Å². The molecule has 0 aliphatic carbocycles. The van der Waals surface area contributed by atoms with Gasteiger partial charge in [-0.05, 0) is 29.3 Å². The highest BCUT2D eigenvalue weighted by Gasteiger charge is 2.38. The van der Waals surface area contributed by atoms with E-state index in [1.54, 1.807) is 6.08 Å². The van der Waals surface area contributed by atoms with Gasteiger partial charge in [0.15, 0.2) is 0 Å². The van der Waals surface area contributed by atoms with E-state index in [0.717, 1.165) is 15.6 Å². The molecule has 2 aromatic carbocycles. The van der Waals surface area contributed by atoms with E-state index in [1.165, 1.54) is 7.11 Å². The molecule has 0 unspecified atom stereocenters. The number of allylic oxidation sites excluding steroid dienone is 1. The van der Waals surface area contributed by atoms with Crippen molar-refractivity contribution in [3.8, 4) is 0 Å². The molecule has 0 bridgehead atoms. The van der Waals surface area contributed by atoms with Gasteiger partial charge in [0.1, 0.15) is 0 Å². The summed E-state index contributed by atoms with van der Waals surface area (Å²) in [4.78, 5) is 24.4. The number of hydrogen-bond acceptors (Lipinski definition) is 4. The molecular weight excluding hydrogens is 372 g/mol. The number of rotatable bonds is 3. The van der Waals surface area contributed by atoms with Crippen LogP contribution in [-0.4, -0.2) is 19.0 Å². The lowest BCUT2D eigenvalue weighted by Crippen LogP contribution is -2.29. The van der Waals surface area contributed by atoms with Crippen LogP contribution in [0.15, 0.2) is 70.9 Å². The zero-order chi connectivity index (χ0) is 17.1. The fraction of sp³-hybridized carbons (Fsp3) is 0.158. The number of halogens is 1. The first-order valence-corrected chi connectivity index (χ1v) is 8.21. The lowest BCUT2D eigenvalue weighted by molar-refractivity contribution is -0.152. The van der Waals surface area contributed by atoms with Crippen molar-refractivity contribution in [2.75, 3.05) is 7.11 Å². The number of ether oxygens (including phenoxy) is 2. The highest BCUT2D eigenvalue weighted by molar-refractivity contribution is 9.10. The maximum atomic E-state index is 12.6. The predicted octanol–water partition coefficient (Wildman–Crippen LogP) is 3.93. The Morgan fingerprint density at radius 3 is 2.33 bits per heavy atom. The average molecular weight is 387 g/mol. The molecule has 1 heterocycles. The van der Waals surface area contributed by atoms with Crippen LogP contribution in [0.2, 0.25) is 0 Å². The molecule has 1 aliphatic heterocycles. The summed E-state index contributed by atoms with van der Waals surface area (Å²) in [6.45, 7) is 0. The maximum absolute atomic E-state index is 12.6. The largest absolute Gasteiger partial charge is 0.463 e. The van der Waals surface area contributed by atoms with Crippen molar-refractivity contribution in [2.24, 2.45) is 0 Å². The van der Waals surface area contributed by atoms with Crippen LogP contribution in [0.4, 0.5) is 0 Å². The molecule has 3 rings (SSSR count). The third-order valence-corrected chi connectivity index (χ3v) is 4.48. The van der Waals surface area contributed by atoms with Gasteiger partial charge >= 0.3 is 11.9 Å². The molecule has 0 aromatic heterocycles. The SMILES string of the molecule is COC(=O)C1=C[C@@H](c2ccccc2)[C@H](c2ccc(Br)cc2)C(=O)O1. The molecule has 0 saturated carbocycles. The number of esters is 2. The number of benzene rings is 2. The van der Waals surface area contributed by atoms with Crippen molar-refractivity contribution in [2.45, 2.75) is 11.8 Å². The van der Waals surface area contributed by atoms with E-state index in [1.807, 2.05) is 54.6 Å². The van der Waals surface area contributed by atoms with Crippen molar-refractivity contribution in [3.63, 3.8) is 0 Å². The second-order valence-electron chi connectivity index (χ2n) is 5.41. The lowest BCUT2D eigenvalue weighted by Gasteiger charge is -2.28. The van der Waals surface area contributed by atoms with Crippen LogP contribution in [0.25, 0.3) is 0 Å². The molecule has 4 nitrogen and oxygen atoms in total. The van der Waals surface area contributed by atoms with Gasteiger partial charge in [-0.2, -0.15) is 0 Å². The van der Waals surface area contributed by atoms with Crippen molar-refractivity contribution in [3.05, 3.63) is 82.0 Å². The number of methoxy groups -OCH3 is 1. The van der Waals surface area contributed by atoms with Crippen LogP contribution < -0.4 is 0 Å². The second kappa shape index (κ2) is 7.01. The Balaban J connectivity index is 2.08. The zero-order valence-electron chi connectivity index (χ0n) is 12.9. The summed E-state index contributed by atoms with van der Waals surface area (Å²) >= 11 is 3.39. The molecule has 0 saturated heterocycles. The first-order valence-electron chi connectivity index (χ1n) is 7.42. The van der Waals surface area contributed by atoms with Crippen LogP contribution in [-0.2, 0) is 19.1 Å². The van der Waals surface area contributed by atoms with E-state index in [9.17, 15) is 9.59 Å². The maximum Gasteiger partial charge on any atom is 0.373 e. The summed E-state index contributed by atoms with van der Waals surface area (Å²) < 4.78 is 10.8. The highest BCUT2D eigenvalue weighted by atomic mass is 79.9. The van der Waals surface area contributed by atoms with E-state index >= 15 is 0 Å². The number of hydrogen-bond donors (Lipinski definition) is 0. The van der Waals surface area contributed by atoms with Gasteiger partial charge in [-0.1, -0.05) is 58.4 Å². The normalized spacial score (nSPS) is 20.1. The quantitative estimate of drug-likeness (QED) is 0.749. The first kappa shape index (κ1) is 16.5. The fourth-order valence-corrected chi connectivity index (χ4v) is 3.06. The Hall–Kier alpha value is -2.40. The van der Waals surface area contributed by atoms with Gasteiger partial charge in [0.25, 0.3) is 0 Å². The standard InChI is InChI=1S/C19H15BrO4/c1-23-18(21)16-11-15(12-5-3-2-4-6-12)17(19(22)24-16)13-7-9-14(20)10-8-13/h2-11,15,17H,1H3/t15-,17-/m0/s1. The zero-order valence-corrected chi connectivity index (χ0v) is 14.5. The van der Waals surface area contributed by atoms with Gasteiger partial charge in [-0.15, -0.1) is 0 Å². The summed E-state index contributed by atoms with van der Waals surface area (Å²) in [7, 11) is 1.26. The fourth-order valence-electron chi connectivity index (χ4n) is 2.80. The molecule has 5 heteroatoms. The smallest absolute Gasteiger partial charge is 0.373 e. The number of carbonyl (C=O) groups excluding carboxylic acids is 2. The second-order valence-corrected chi connectivity index (χ2v) is 6.32. The molecule has 2 atom stereocenters. The van der Waals surface area contributed by atoms with Gasteiger partial charge in [-0.25, -0.2) is 4.79 Å². The lowest BCUT2D eigenvalue weighted by atomic mass is 9.80. The Labute approximate surface area is 148 Å². The number of carbonyl (C=O) groups is 2. The molecule has 1 aliphatic rings. The van der Waals surface area contributed by atoms with Crippen LogP contribution in [0, 0.1) is 0 Å². The van der Waals surface area contributed by atoms with Gasteiger partial charge in [0.2, 0.25) is 5.76 Å². The van der Waals surface area contributed by atoms with Gasteiger partial charge in [0.05, 0.1) is 13.0 Å². The van der Waals surface area contributed by atoms with E-state index in [-0.39, 0.29) is 11.7 Å². The molecule has 0 amide bonds. The minimum Gasteiger partial charge on any atom is -0.463 e. The minimum absolute atomic E-state index is 0.0651. The predicted molar refractivity (Wildman–Crippen MR) is 92.3 cm³/mol. The van der Waals surface area contributed by atoms with E-state index in [0.29, 0.717) is 0 Å². The summed E-state index contributed by atoms with van der Waals surface area (Å²) in [6, 6.07) is 17.1. The van der Waals surface area contributed by atoms with Crippen LogP contribution >= 0.6 is 15.9 Å². The Kier molecular flexibility index (Phi) is 4.81. The summed E-state index contributed by atoms with van der Waals surface area (Å²) in [5, 5.41) is 0. The molecule has 2 aromatic rings. The highest BCUT2D eigenvalue weighted by Crippen LogP contribution is 2.40. The summed E-state index contributed by atoms with van der Waals surface area (Å²) in [5.41, 5.74) is 1.76. The van der Waals surface area contributed by atoms with Crippen molar-refractivity contribution in [1.29, 1.82) is 0 Å². The summed E-state index contributed by atoms with van der Waals surface area (Å²) in [6.07, 6.45) is 1.66. The third kappa shape index (κ3) is 3.26. The molecule has 122 valence electrons. The number of cyclic esters (lactones) is 1. The minimum atomic E-state index is -0.654. The monoisotopic (exact) mass is 386 g/mol. The van der Waals surface area contributed by atoms with Crippen molar-refractivity contribution < 1.29 is 19.1 Å². The Bertz CT molecular complexity index is 781. The average Bonchev–Trinajstić information content (AvgIpc) is 2.62. The van der Waals surface area contributed by atoms with Gasteiger partial charge in [0, 0.05) is 10.4 Å². The van der Waals surface area contributed by atoms with Gasteiger partial charge < -0.3 is 9.47 Å². The molecule has 0 radical (unpaired) electrons. The van der Waals surface area contributed by atoms with Crippen molar-refractivity contribution >= 4 is 27.9 Å². The first-order chi connectivity index (χ1) is 11.6. The topological polar surface area (TPSA) is 52.6 Å². The Morgan fingerprint density at radius 2 is 1.71 bits per heavy atom. The van der Waals surface area contributed by atoms with Gasteiger partial charge in [-0.3, -0.25) is 4.79 Å². The molecule has 0 fully saturated rings. The molecular formula is C19H15BrO4. The van der Waals surface area contributed by atoms with Crippen LogP contribution in [0.5, 0.6) is 0 Å². The molecule has 24 heavy (non-hydrogen) atoms. The molecule has 0 N–H and O–H groups in total. The van der Waals surface area contributed by atoms with Crippen LogP contribution in [0.1, 0.15) is 23.0 Å². The van der Waals surface area contributed by atoms with E-state index < -0.39 is 17.9 Å². The molecule has 0 spiro atoms. The third-order valence-electron chi connectivity index (χ3n) is 3.95. The van der Waals surface area contributed by atoms with Crippen LogP contribution in [0.3, 0.4) is 0 Å². The van der Waals surface area contributed by atoms with Crippen molar-refractivity contribution in [1.82, 2.24) is 0 Å². The van der Waals surface area contributed by atoms with E-state index in [2.05, 4.69) is 20.7 Å². The summed E-state index contributed by atoms with van der Waals surface area (Å²) in [5.74, 6) is -2.01.